The summed E-state index contributed by atoms with van der Waals surface area (Å²) in [5.41, 5.74) is 0. The van der Waals surface area contributed by atoms with Crippen LogP contribution in [-0.4, -0.2) is 42.0 Å². The fraction of sp³-hybridized carbons (Fsp3) is 0.222. The number of halogens is 2. The van der Waals surface area contributed by atoms with Crippen LogP contribution in [0.2, 0.25) is 5.02 Å². The first-order valence-corrected chi connectivity index (χ1v) is 9.16. The van der Waals surface area contributed by atoms with Gasteiger partial charge in [-0.3, -0.25) is 4.79 Å². The molecule has 1 saturated heterocycles. The standard InChI is InChI=1S/C18H15ClFN3OS/c19-16-15-12(20)4-3-5-13(15)25-17(16)18(24)23-10-8-22(9-11-23)14-6-1-2-7-21-14/h1-7H,8-11H2. The molecule has 4 nitrogen and oxygen atoms in total. The lowest BCUT2D eigenvalue weighted by Gasteiger charge is -2.35. The van der Waals surface area contributed by atoms with E-state index in [4.69, 9.17) is 11.6 Å². The van der Waals surface area contributed by atoms with Crippen LogP contribution in [0.3, 0.4) is 0 Å². The Morgan fingerprint density at radius 2 is 1.92 bits per heavy atom. The van der Waals surface area contributed by atoms with Crippen LogP contribution in [0.5, 0.6) is 0 Å². The summed E-state index contributed by atoms with van der Waals surface area (Å²) in [5, 5.41) is 0.555. The maximum atomic E-state index is 14.0. The number of pyridine rings is 1. The van der Waals surface area contributed by atoms with Crippen molar-refractivity contribution in [3.8, 4) is 0 Å². The molecule has 7 heteroatoms. The average Bonchev–Trinajstić information content (AvgIpc) is 3.00. The zero-order chi connectivity index (χ0) is 17.4. The van der Waals surface area contributed by atoms with Crippen molar-refractivity contribution in [1.82, 2.24) is 9.88 Å². The predicted molar refractivity (Wildman–Crippen MR) is 99.1 cm³/mol. The number of carbonyl (C=O) groups is 1. The summed E-state index contributed by atoms with van der Waals surface area (Å²) in [5.74, 6) is 0.389. The molecule has 1 aliphatic heterocycles. The smallest absolute Gasteiger partial charge is 0.265 e. The number of anilines is 1. The van der Waals surface area contributed by atoms with Crippen molar-refractivity contribution in [3.63, 3.8) is 0 Å². The lowest BCUT2D eigenvalue weighted by molar-refractivity contribution is 0.0751. The maximum Gasteiger partial charge on any atom is 0.265 e. The molecule has 128 valence electrons. The molecule has 3 aromatic rings. The largest absolute Gasteiger partial charge is 0.353 e. The molecule has 0 atom stereocenters. The molecule has 0 spiro atoms. The number of benzene rings is 1. The van der Waals surface area contributed by atoms with Crippen LogP contribution < -0.4 is 4.90 Å². The second kappa shape index (κ2) is 6.61. The van der Waals surface area contributed by atoms with E-state index >= 15 is 0 Å². The molecule has 4 rings (SSSR count). The molecule has 3 heterocycles. The second-order valence-electron chi connectivity index (χ2n) is 5.83. The number of hydrogen-bond donors (Lipinski definition) is 0. The first kappa shape index (κ1) is 16.3. The summed E-state index contributed by atoms with van der Waals surface area (Å²) in [4.78, 5) is 21.5. The highest BCUT2D eigenvalue weighted by atomic mass is 35.5. The molecule has 0 N–H and O–H groups in total. The Balaban J connectivity index is 1.53. The van der Waals surface area contributed by atoms with E-state index in [1.165, 1.54) is 17.4 Å². The van der Waals surface area contributed by atoms with Crippen LogP contribution in [-0.2, 0) is 0 Å². The van der Waals surface area contributed by atoms with Gasteiger partial charge >= 0.3 is 0 Å². The molecule has 0 saturated carbocycles. The molecule has 0 radical (unpaired) electrons. The number of piperazine rings is 1. The van der Waals surface area contributed by atoms with Crippen molar-refractivity contribution in [1.29, 1.82) is 0 Å². The van der Waals surface area contributed by atoms with Crippen LogP contribution in [0.1, 0.15) is 9.67 Å². The molecule has 1 aliphatic rings. The molecule has 0 bridgehead atoms. The second-order valence-corrected chi connectivity index (χ2v) is 7.26. The Morgan fingerprint density at radius 1 is 1.12 bits per heavy atom. The summed E-state index contributed by atoms with van der Waals surface area (Å²) in [6, 6.07) is 10.6. The number of fused-ring (bicyclic) bond motifs is 1. The van der Waals surface area contributed by atoms with Crippen molar-refractivity contribution in [2.45, 2.75) is 0 Å². The van der Waals surface area contributed by atoms with E-state index in [2.05, 4.69) is 9.88 Å². The van der Waals surface area contributed by atoms with Crippen LogP contribution in [0, 0.1) is 5.82 Å². The van der Waals surface area contributed by atoms with Crippen LogP contribution in [0.25, 0.3) is 10.1 Å². The minimum atomic E-state index is -0.391. The van der Waals surface area contributed by atoms with Crippen LogP contribution in [0.4, 0.5) is 10.2 Å². The van der Waals surface area contributed by atoms with Crippen LogP contribution in [0.15, 0.2) is 42.6 Å². The van der Waals surface area contributed by atoms with Crippen molar-refractivity contribution in [3.05, 3.63) is 58.3 Å². The van der Waals surface area contributed by atoms with Gasteiger partial charge in [0.05, 0.1) is 5.02 Å². The van der Waals surface area contributed by atoms with Crippen LogP contribution >= 0.6 is 22.9 Å². The van der Waals surface area contributed by atoms with E-state index in [9.17, 15) is 9.18 Å². The minimum Gasteiger partial charge on any atom is -0.353 e. The number of carbonyl (C=O) groups excluding carboxylic acids is 1. The molecule has 0 unspecified atom stereocenters. The molecule has 0 aliphatic carbocycles. The average molecular weight is 376 g/mol. The van der Waals surface area contributed by atoms with Gasteiger partial charge in [-0.2, -0.15) is 0 Å². The Kier molecular flexibility index (Phi) is 4.31. The Bertz CT molecular complexity index is 923. The molecule has 1 amide bonds. The lowest BCUT2D eigenvalue weighted by atomic mass is 10.2. The molecule has 2 aromatic heterocycles. The van der Waals surface area contributed by atoms with E-state index in [-0.39, 0.29) is 10.9 Å². The van der Waals surface area contributed by atoms with Gasteiger partial charge in [-0.1, -0.05) is 23.7 Å². The summed E-state index contributed by atoms with van der Waals surface area (Å²) in [6.45, 7) is 2.59. The quantitative estimate of drug-likeness (QED) is 0.678. The van der Waals surface area contributed by atoms with Crippen molar-refractivity contribution >= 4 is 44.7 Å². The predicted octanol–water partition coefficient (Wildman–Crippen LogP) is 4.05. The van der Waals surface area contributed by atoms with Gasteiger partial charge in [0.15, 0.2) is 0 Å². The number of aromatic nitrogens is 1. The number of thiophene rings is 1. The zero-order valence-electron chi connectivity index (χ0n) is 13.3. The Morgan fingerprint density at radius 3 is 2.60 bits per heavy atom. The third kappa shape index (κ3) is 2.96. The lowest BCUT2D eigenvalue weighted by Crippen LogP contribution is -2.48. The van der Waals surface area contributed by atoms with Gasteiger partial charge in [0.25, 0.3) is 5.91 Å². The summed E-state index contributed by atoms with van der Waals surface area (Å²) in [7, 11) is 0. The van der Waals surface area contributed by atoms with E-state index < -0.39 is 5.82 Å². The molecular formula is C18H15ClFN3OS. The zero-order valence-corrected chi connectivity index (χ0v) is 14.9. The number of hydrogen-bond acceptors (Lipinski definition) is 4. The highest BCUT2D eigenvalue weighted by Crippen LogP contribution is 2.37. The van der Waals surface area contributed by atoms with E-state index in [0.29, 0.717) is 41.1 Å². The third-order valence-electron chi connectivity index (χ3n) is 4.34. The molecular weight excluding hydrogens is 361 g/mol. The Hall–Kier alpha value is -2.18. The number of rotatable bonds is 2. The van der Waals surface area contributed by atoms with Gasteiger partial charge < -0.3 is 9.80 Å². The normalized spacial score (nSPS) is 15.0. The van der Waals surface area contributed by atoms with Gasteiger partial charge in [-0.15, -0.1) is 11.3 Å². The van der Waals surface area contributed by atoms with Gasteiger partial charge in [-0.05, 0) is 24.3 Å². The van der Waals surface area contributed by atoms with Crippen molar-refractivity contribution in [2.75, 3.05) is 31.1 Å². The number of nitrogens with zero attached hydrogens (tertiary/aromatic N) is 3. The number of amides is 1. The summed E-state index contributed by atoms with van der Waals surface area (Å²) in [6.07, 6.45) is 1.76. The van der Waals surface area contributed by atoms with Gasteiger partial charge in [0.2, 0.25) is 0 Å². The third-order valence-corrected chi connectivity index (χ3v) is 5.97. The summed E-state index contributed by atoms with van der Waals surface area (Å²) >= 11 is 7.55. The highest BCUT2D eigenvalue weighted by molar-refractivity contribution is 7.21. The molecule has 25 heavy (non-hydrogen) atoms. The van der Waals surface area contributed by atoms with Gasteiger partial charge in [-0.25, -0.2) is 9.37 Å². The van der Waals surface area contributed by atoms with E-state index in [0.717, 1.165) is 5.82 Å². The fourth-order valence-corrected chi connectivity index (χ4v) is 4.55. The van der Waals surface area contributed by atoms with Crippen molar-refractivity contribution < 1.29 is 9.18 Å². The SMILES string of the molecule is O=C(c1sc2cccc(F)c2c1Cl)N1CCN(c2ccccn2)CC1. The fourth-order valence-electron chi connectivity index (χ4n) is 3.03. The summed E-state index contributed by atoms with van der Waals surface area (Å²) < 4.78 is 14.7. The van der Waals surface area contributed by atoms with Crippen molar-refractivity contribution in [2.24, 2.45) is 0 Å². The molecule has 1 aromatic carbocycles. The highest BCUT2D eigenvalue weighted by Gasteiger charge is 2.27. The van der Waals surface area contributed by atoms with E-state index in [1.807, 2.05) is 18.2 Å². The topological polar surface area (TPSA) is 36.4 Å². The monoisotopic (exact) mass is 375 g/mol. The maximum absolute atomic E-state index is 14.0. The first-order valence-electron chi connectivity index (χ1n) is 7.97. The van der Waals surface area contributed by atoms with Gasteiger partial charge in [0.1, 0.15) is 16.5 Å². The van der Waals surface area contributed by atoms with Gasteiger partial charge in [0, 0.05) is 42.5 Å². The first-order chi connectivity index (χ1) is 12.1. The Labute approximate surface area is 153 Å². The molecule has 1 fully saturated rings. The minimum absolute atomic E-state index is 0.133. The van der Waals surface area contributed by atoms with E-state index in [1.54, 1.807) is 23.2 Å².